The second-order valence-electron chi connectivity index (χ2n) is 11.0. The summed E-state index contributed by atoms with van der Waals surface area (Å²) in [4.78, 5) is 29.7. The summed E-state index contributed by atoms with van der Waals surface area (Å²) >= 11 is 6.06. The monoisotopic (exact) mass is 679 g/mol. The second-order valence-corrected chi connectivity index (χ2v) is 13.3. The highest BCUT2D eigenvalue weighted by Gasteiger charge is 2.36. The molecular weight excluding hydrogens is 641 g/mol. The number of carbonyl (C=O) groups excluding carboxylic acids is 2. The van der Waals surface area contributed by atoms with Gasteiger partial charge < -0.3 is 15.0 Å². The largest absolute Gasteiger partial charge is 0.492 e. The van der Waals surface area contributed by atoms with Crippen LogP contribution in [0.25, 0.3) is 0 Å². The lowest BCUT2D eigenvalue weighted by Gasteiger charge is -2.34. The number of rotatable bonds is 15. The van der Waals surface area contributed by atoms with Crippen LogP contribution in [0.1, 0.15) is 38.3 Å². The minimum absolute atomic E-state index is 0.1000. The minimum Gasteiger partial charge on any atom is -0.492 e. The Balaban J connectivity index is 1.85. The van der Waals surface area contributed by atoms with Gasteiger partial charge in [-0.2, -0.15) is 0 Å². The maximum absolute atomic E-state index is 15.1. The molecule has 8 nitrogen and oxygen atoms in total. The maximum atomic E-state index is 15.1. The lowest BCUT2D eigenvalue weighted by molar-refractivity contribution is -0.140. The summed E-state index contributed by atoms with van der Waals surface area (Å²) in [5, 5.41) is 3.31. The van der Waals surface area contributed by atoms with E-state index in [1.165, 1.54) is 47.4 Å². The van der Waals surface area contributed by atoms with Crippen LogP contribution in [0.5, 0.6) is 5.75 Å². The van der Waals surface area contributed by atoms with Gasteiger partial charge in [0.05, 0.1) is 17.2 Å². The zero-order chi connectivity index (χ0) is 34.0. The molecule has 0 aliphatic rings. The van der Waals surface area contributed by atoms with Crippen LogP contribution in [-0.4, -0.2) is 50.4 Å². The highest BCUT2D eigenvalue weighted by Crippen LogP contribution is 2.33. The predicted octanol–water partition coefficient (Wildman–Crippen LogP) is 6.63. The van der Waals surface area contributed by atoms with E-state index in [1.807, 2.05) is 44.2 Å². The summed E-state index contributed by atoms with van der Waals surface area (Å²) in [5.74, 6) is -1.46. The Morgan fingerprint density at radius 2 is 1.53 bits per heavy atom. The van der Waals surface area contributed by atoms with Gasteiger partial charge in [-0.1, -0.05) is 79.2 Å². The number of halogens is 2. The number of anilines is 1. The molecule has 0 radical (unpaired) electrons. The third kappa shape index (κ3) is 9.11. The van der Waals surface area contributed by atoms with Crippen molar-refractivity contribution in [3.63, 3.8) is 0 Å². The summed E-state index contributed by atoms with van der Waals surface area (Å²) in [6, 6.07) is 26.0. The summed E-state index contributed by atoms with van der Waals surface area (Å²) in [6.45, 7) is 4.80. The van der Waals surface area contributed by atoms with Gasteiger partial charge in [-0.05, 0) is 68.3 Å². The second kappa shape index (κ2) is 16.4. The SMILES string of the molecule is CCOc1ccccc1N(CC(=O)N(Cc1ccccc1F)[C@H](Cc1ccccc1)C(=O)N[C@@H](C)CC)S(=O)(=O)c1ccc(Cl)cc1. The van der Waals surface area contributed by atoms with Gasteiger partial charge in [0.25, 0.3) is 10.0 Å². The molecule has 1 N–H and O–H groups in total. The smallest absolute Gasteiger partial charge is 0.264 e. The molecule has 0 aliphatic heterocycles. The predicted molar refractivity (Wildman–Crippen MR) is 182 cm³/mol. The molecule has 47 heavy (non-hydrogen) atoms. The number of carbonyl (C=O) groups is 2. The Kier molecular flexibility index (Phi) is 12.4. The lowest BCUT2D eigenvalue weighted by Crippen LogP contribution is -2.54. The Labute approximate surface area is 281 Å². The molecular formula is C36H39ClFN3O5S. The molecule has 2 atom stereocenters. The Bertz CT molecular complexity index is 1760. The fraction of sp³-hybridized carbons (Fsp3) is 0.278. The fourth-order valence-electron chi connectivity index (χ4n) is 4.99. The van der Waals surface area contributed by atoms with Crippen molar-refractivity contribution in [3.05, 3.63) is 125 Å². The first kappa shape index (κ1) is 35.4. The third-order valence-corrected chi connectivity index (χ3v) is 9.71. The Morgan fingerprint density at radius 1 is 0.894 bits per heavy atom. The molecule has 11 heteroatoms. The molecule has 4 rings (SSSR count). The van der Waals surface area contributed by atoms with E-state index in [-0.39, 0.29) is 47.5 Å². The number of ether oxygens (including phenoxy) is 1. The van der Waals surface area contributed by atoms with Crippen molar-refractivity contribution < 1.29 is 27.1 Å². The lowest BCUT2D eigenvalue weighted by atomic mass is 10.0. The van der Waals surface area contributed by atoms with E-state index in [1.54, 1.807) is 37.3 Å². The first-order valence-corrected chi connectivity index (χ1v) is 17.2. The van der Waals surface area contributed by atoms with Gasteiger partial charge in [-0.3, -0.25) is 13.9 Å². The fourth-order valence-corrected chi connectivity index (χ4v) is 6.54. The molecule has 0 saturated carbocycles. The number of nitrogens with one attached hydrogen (secondary N) is 1. The average Bonchev–Trinajstić information content (AvgIpc) is 3.07. The van der Waals surface area contributed by atoms with Gasteiger partial charge in [0.15, 0.2) is 0 Å². The van der Waals surface area contributed by atoms with Crippen molar-refractivity contribution in [1.29, 1.82) is 0 Å². The van der Waals surface area contributed by atoms with E-state index in [0.29, 0.717) is 11.4 Å². The van der Waals surface area contributed by atoms with Crippen LogP contribution in [0.15, 0.2) is 108 Å². The highest BCUT2D eigenvalue weighted by molar-refractivity contribution is 7.92. The maximum Gasteiger partial charge on any atom is 0.264 e. The van der Waals surface area contributed by atoms with Gasteiger partial charge >= 0.3 is 0 Å². The van der Waals surface area contributed by atoms with Gasteiger partial charge in [0.1, 0.15) is 24.2 Å². The minimum atomic E-state index is -4.38. The summed E-state index contributed by atoms with van der Waals surface area (Å²) < 4.78 is 50.4. The van der Waals surface area contributed by atoms with Gasteiger partial charge in [0.2, 0.25) is 11.8 Å². The molecule has 0 aliphatic carbocycles. The molecule has 248 valence electrons. The van der Waals surface area contributed by atoms with Crippen LogP contribution in [0.3, 0.4) is 0 Å². The van der Waals surface area contributed by atoms with Gasteiger partial charge in [-0.15, -0.1) is 0 Å². The van der Waals surface area contributed by atoms with Crippen molar-refractivity contribution in [3.8, 4) is 5.75 Å². The summed E-state index contributed by atoms with van der Waals surface area (Å²) in [5.41, 5.74) is 1.08. The average molecular weight is 680 g/mol. The van der Waals surface area contributed by atoms with Crippen molar-refractivity contribution in [2.45, 2.75) is 57.1 Å². The molecule has 0 aromatic heterocycles. The number of hydrogen-bond donors (Lipinski definition) is 1. The number of benzene rings is 4. The topological polar surface area (TPSA) is 96.0 Å². The number of para-hydroxylation sites is 2. The molecule has 2 amide bonds. The molecule has 0 unspecified atom stereocenters. The quantitative estimate of drug-likeness (QED) is 0.152. The Hall–Kier alpha value is -4.41. The van der Waals surface area contributed by atoms with Gasteiger partial charge in [0, 0.05) is 29.6 Å². The number of sulfonamides is 1. The van der Waals surface area contributed by atoms with Crippen LogP contribution in [-0.2, 0) is 32.6 Å². The number of nitrogens with zero attached hydrogens (tertiary/aromatic N) is 2. The summed E-state index contributed by atoms with van der Waals surface area (Å²) in [7, 11) is -4.38. The van der Waals surface area contributed by atoms with E-state index in [4.69, 9.17) is 16.3 Å². The molecule has 0 bridgehead atoms. The van der Waals surface area contributed by atoms with Crippen molar-refractivity contribution >= 4 is 39.1 Å². The molecule has 4 aromatic carbocycles. The van der Waals surface area contributed by atoms with Crippen LogP contribution < -0.4 is 14.4 Å². The van der Waals surface area contributed by atoms with E-state index in [2.05, 4.69) is 5.32 Å². The van der Waals surface area contributed by atoms with E-state index < -0.39 is 40.2 Å². The van der Waals surface area contributed by atoms with Crippen LogP contribution in [0, 0.1) is 5.82 Å². The van der Waals surface area contributed by atoms with E-state index in [9.17, 15) is 18.0 Å². The standard InChI is InChI=1S/C36H39ClFN3O5S/c1-4-26(3)39-36(43)33(23-27-13-7-6-8-14-27)40(24-28-15-9-10-16-31(28)38)35(42)25-41(32-17-11-12-18-34(32)46-5-2)47(44,45)30-21-19-29(37)20-22-30/h6-22,26,33H,4-5,23-25H2,1-3H3,(H,39,43)/t26-,33+/m0/s1. The molecule has 0 heterocycles. The molecule has 0 fully saturated rings. The van der Waals surface area contributed by atoms with E-state index >= 15 is 4.39 Å². The zero-order valence-corrected chi connectivity index (χ0v) is 28.2. The first-order chi connectivity index (χ1) is 22.5. The Morgan fingerprint density at radius 3 is 2.19 bits per heavy atom. The normalized spacial score (nSPS) is 12.5. The zero-order valence-electron chi connectivity index (χ0n) is 26.6. The van der Waals surface area contributed by atoms with Crippen molar-refractivity contribution in [2.75, 3.05) is 17.5 Å². The molecule has 0 saturated heterocycles. The van der Waals surface area contributed by atoms with Gasteiger partial charge in [-0.25, -0.2) is 12.8 Å². The number of amides is 2. The third-order valence-electron chi connectivity index (χ3n) is 7.68. The summed E-state index contributed by atoms with van der Waals surface area (Å²) in [6.07, 6.45) is 0.759. The van der Waals surface area contributed by atoms with E-state index in [0.717, 1.165) is 9.87 Å². The van der Waals surface area contributed by atoms with Crippen molar-refractivity contribution in [2.24, 2.45) is 0 Å². The first-order valence-electron chi connectivity index (χ1n) is 15.4. The van der Waals surface area contributed by atoms with Crippen molar-refractivity contribution in [1.82, 2.24) is 10.2 Å². The van der Waals surface area contributed by atoms with Crippen LogP contribution in [0.4, 0.5) is 10.1 Å². The molecule has 4 aromatic rings. The van der Waals surface area contributed by atoms with Crippen LogP contribution >= 0.6 is 11.6 Å². The number of hydrogen-bond acceptors (Lipinski definition) is 5. The highest BCUT2D eigenvalue weighted by atomic mass is 35.5. The molecule has 0 spiro atoms. The van der Waals surface area contributed by atoms with Crippen LogP contribution in [0.2, 0.25) is 5.02 Å².